The molecular formula is C14H17NO4. The van der Waals surface area contributed by atoms with Gasteiger partial charge in [-0.2, -0.15) is 0 Å². The maximum absolute atomic E-state index is 11.7. The van der Waals surface area contributed by atoms with Crippen molar-refractivity contribution >= 4 is 11.8 Å². The Morgan fingerprint density at radius 1 is 1.32 bits per heavy atom. The Labute approximate surface area is 111 Å². The molecule has 1 N–H and O–H groups in total. The number of carbonyl (C=O) groups is 2. The zero-order valence-corrected chi connectivity index (χ0v) is 10.6. The summed E-state index contributed by atoms with van der Waals surface area (Å²) in [5.41, 5.74) is 1.17. The number of carbonyl (C=O) groups excluding carboxylic acids is 1. The number of Topliss-reactive ketones (excluding diaryl/α,β-unsaturated/α-hetero) is 1. The van der Waals surface area contributed by atoms with Crippen LogP contribution < -0.4 is 0 Å². The number of aliphatic carboxylic acids is 1. The average Bonchev–Trinajstić information content (AvgIpc) is 2.39. The van der Waals surface area contributed by atoms with Crippen LogP contribution in [0.5, 0.6) is 0 Å². The molecule has 0 aromatic heterocycles. The van der Waals surface area contributed by atoms with Gasteiger partial charge in [-0.25, -0.2) is 0 Å². The lowest BCUT2D eigenvalue weighted by atomic mass is 10.1. The van der Waals surface area contributed by atoms with Gasteiger partial charge in [-0.15, -0.1) is 0 Å². The number of nitrogens with zero attached hydrogens (tertiary/aromatic N) is 1. The number of carboxylic acids is 1. The summed E-state index contributed by atoms with van der Waals surface area (Å²) >= 11 is 0. The maximum atomic E-state index is 11.7. The third-order valence-electron chi connectivity index (χ3n) is 3.08. The second kappa shape index (κ2) is 6.45. The van der Waals surface area contributed by atoms with E-state index >= 15 is 0 Å². The van der Waals surface area contributed by atoms with Gasteiger partial charge in [0.15, 0.2) is 5.78 Å². The highest BCUT2D eigenvalue weighted by Crippen LogP contribution is 2.12. The fourth-order valence-electron chi connectivity index (χ4n) is 2.15. The molecule has 1 saturated heterocycles. The van der Waals surface area contributed by atoms with Crippen LogP contribution in [0.2, 0.25) is 0 Å². The van der Waals surface area contributed by atoms with Crippen molar-refractivity contribution in [1.82, 2.24) is 4.90 Å². The van der Waals surface area contributed by atoms with Crippen molar-refractivity contribution in [3.8, 4) is 0 Å². The molecule has 2 rings (SSSR count). The summed E-state index contributed by atoms with van der Waals surface area (Å²) in [6.45, 7) is 2.43. The van der Waals surface area contributed by atoms with Crippen LogP contribution in [0.4, 0.5) is 0 Å². The Hall–Kier alpha value is -1.72. The fourth-order valence-corrected chi connectivity index (χ4v) is 2.15. The molecule has 1 atom stereocenters. The van der Waals surface area contributed by atoms with E-state index in [-0.39, 0.29) is 5.78 Å². The van der Waals surface area contributed by atoms with Gasteiger partial charge in [0, 0.05) is 19.6 Å². The average molecular weight is 263 g/mol. The van der Waals surface area contributed by atoms with E-state index in [9.17, 15) is 9.59 Å². The number of ketones is 1. The molecule has 1 aliphatic heterocycles. The topological polar surface area (TPSA) is 66.8 Å². The predicted octanol–water partition coefficient (Wildman–Crippen LogP) is 0.931. The second-order valence-electron chi connectivity index (χ2n) is 4.62. The SMILES string of the molecule is O=C(O)CC(=O)C1CN(Cc2ccccc2)CCO1. The Kier molecular flexibility index (Phi) is 4.65. The Bertz CT molecular complexity index is 446. The summed E-state index contributed by atoms with van der Waals surface area (Å²) in [4.78, 5) is 24.3. The minimum absolute atomic E-state index is 0.356. The van der Waals surface area contributed by atoms with E-state index in [4.69, 9.17) is 9.84 Å². The fraction of sp³-hybridized carbons (Fsp3) is 0.429. The second-order valence-corrected chi connectivity index (χ2v) is 4.62. The van der Waals surface area contributed by atoms with Crippen molar-refractivity contribution in [3.63, 3.8) is 0 Å². The Morgan fingerprint density at radius 3 is 2.74 bits per heavy atom. The molecule has 1 fully saturated rings. The first-order valence-corrected chi connectivity index (χ1v) is 6.27. The summed E-state index contributed by atoms with van der Waals surface area (Å²) in [7, 11) is 0. The first-order chi connectivity index (χ1) is 9.15. The van der Waals surface area contributed by atoms with Crippen LogP contribution in [0.3, 0.4) is 0 Å². The molecule has 19 heavy (non-hydrogen) atoms. The molecule has 0 spiro atoms. The smallest absolute Gasteiger partial charge is 0.310 e. The Morgan fingerprint density at radius 2 is 2.05 bits per heavy atom. The summed E-state index contributed by atoms with van der Waals surface area (Å²) in [6.07, 6.45) is -1.09. The van der Waals surface area contributed by atoms with E-state index in [0.29, 0.717) is 13.2 Å². The van der Waals surface area contributed by atoms with Gasteiger partial charge in [-0.05, 0) is 5.56 Å². The number of carboxylic acid groups (broad SMARTS) is 1. The number of morpholine rings is 1. The highest BCUT2D eigenvalue weighted by molar-refractivity contribution is 5.97. The predicted molar refractivity (Wildman–Crippen MR) is 68.7 cm³/mol. The molecule has 0 aliphatic carbocycles. The van der Waals surface area contributed by atoms with Crippen LogP contribution >= 0.6 is 0 Å². The highest BCUT2D eigenvalue weighted by atomic mass is 16.5. The minimum atomic E-state index is -1.10. The van der Waals surface area contributed by atoms with Crippen molar-refractivity contribution < 1.29 is 19.4 Å². The molecule has 1 unspecified atom stereocenters. The van der Waals surface area contributed by atoms with Crippen LogP contribution in [0, 0.1) is 0 Å². The molecular weight excluding hydrogens is 246 g/mol. The highest BCUT2D eigenvalue weighted by Gasteiger charge is 2.27. The van der Waals surface area contributed by atoms with Gasteiger partial charge in [0.2, 0.25) is 0 Å². The lowest BCUT2D eigenvalue weighted by Crippen LogP contribution is -2.46. The van der Waals surface area contributed by atoms with Crippen molar-refractivity contribution in [2.45, 2.75) is 19.1 Å². The van der Waals surface area contributed by atoms with E-state index < -0.39 is 18.5 Å². The van der Waals surface area contributed by atoms with Crippen molar-refractivity contribution in [2.75, 3.05) is 19.7 Å². The van der Waals surface area contributed by atoms with Crippen LogP contribution in [0.1, 0.15) is 12.0 Å². The molecule has 0 saturated carbocycles. The quantitative estimate of drug-likeness (QED) is 0.800. The Balaban J connectivity index is 1.90. The lowest BCUT2D eigenvalue weighted by molar-refractivity contribution is -0.146. The van der Waals surface area contributed by atoms with Crippen LogP contribution in [-0.2, 0) is 20.9 Å². The molecule has 1 aromatic rings. The van der Waals surface area contributed by atoms with Gasteiger partial charge in [-0.3, -0.25) is 14.5 Å². The van der Waals surface area contributed by atoms with Crippen molar-refractivity contribution in [2.24, 2.45) is 0 Å². The maximum Gasteiger partial charge on any atom is 0.310 e. The van der Waals surface area contributed by atoms with Gasteiger partial charge in [0.05, 0.1) is 6.61 Å². The van der Waals surface area contributed by atoms with Crippen LogP contribution in [0.15, 0.2) is 30.3 Å². The lowest BCUT2D eigenvalue weighted by Gasteiger charge is -2.31. The van der Waals surface area contributed by atoms with Gasteiger partial charge in [0.25, 0.3) is 0 Å². The third-order valence-corrected chi connectivity index (χ3v) is 3.08. The normalized spacial score (nSPS) is 20.1. The number of benzene rings is 1. The third kappa shape index (κ3) is 4.15. The summed E-state index contributed by atoms with van der Waals surface area (Å²) in [5.74, 6) is -1.46. The number of hydrogen-bond acceptors (Lipinski definition) is 4. The largest absolute Gasteiger partial charge is 0.481 e. The first kappa shape index (κ1) is 13.7. The number of ether oxygens (including phenoxy) is 1. The number of rotatable bonds is 5. The first-order valence-electron chi connectivity index (χ1n) is 6.27. The van der Waals surface area contributed by atoms with E-state index in [2.05, 4.69) is 4.90 Å². The number of hydrogen-bond donors (Lipinski definition) is 1. The molecule has 5 heteroatoms. The summed E-state index contributed by atoms with van der Waals surface area (Å²) in [6, 6.07) is 9.97. The zero-order valence-electron chi connectivity index (χ0n) is 10.6. The molecule has 0 bridgehead atoms. The van der Waals surface area contributed by atoms with Gasteiger partial charge >= 0.3 is 5.97 Å². The monoisotopic (exact) mass is 263 g/mol. The van der Waals surface area contributed by atoms with E-state index in [1.807, 2.05) is 30.3 Å². The van der Waals surface area contributed by atoms with Crippen molar-refractivity contribution in [1.29, 1.82) is 0 Å². The van der Waals surface area contributed by atoms with Gasteiger partial charge in [-0.1, -0.05) is 30.3 Å². The summed E-state index contributed by atoms with van der Waals surface area (Å²) in [5, 5.41) is 8.63. The van der Waals surface area contributed by atoms with E-state index in [1.165, 1.54) is 5.56 Å². The van der Waals surface area contributed by atoms with Gasteiger partial charge in [0.1, 0.15) is 12.5 Å². The standard InChI is InChI=1S/C14H17NO4/c16-12(8-14(17)18)13-10-15(6-7-19-13)9-11-4-2-1-3-5-11/h1-5,13H,6-10H2,(H,17,18). The minimum Gasteiger partial charge on any atom is -0.481 e. The van der Waals surface area contributed by atoms with Crippen LogP contribution in [-0.4, -0.2) is 47.6 Å². The molecule has 1 aromatic carbocycles. The zero-order chi connectivity index (χ0) is 13.7. The molecule has 0 amide bonds. The van der Waals surface area contributed by atoms with Crippen molar-refractivity contribution in [3.05, 3.63) is 35.9 Å². The van der Waals surface area contributed by atoms with Crippen LogP contribution in [0.25, 0.3) is 0 Å². The summed E-state index contributed by atoms with van der Waals surface area (Å²) < 4.78 is 5.35. The molecule has 5 nitrogen and oxygen atoms in total. The molecule has 1 aliphatic rings. The van der Waals surface area contributed by atoms with E-state index in [1.54, 1.807) is 0 Å². The molecule has 0 radical (unpaired) electrons. The molecule has 102 valence electrons. The van der Waals surface area contributed by atoms with E-state index in [0.717, 1.165) is 13.1 Å². The van der Waals surface area contributed by atoms with Gasteiger partial charge < -0.3 is 9.84 Å². The molecule has 1 heterocycles.